The lowest BCUT2D eigenvalue weighted by Gasteiger charge is -2.17. The second kappa shape index (κ2) is 7.92. The minimum Gasteiger partial charge on any atom is -0.481 e. The molecular formula is C15H23NO3. The molecule has 0 aromatic heterocycles. The molecule has 0 heterocycles. The number of nitrogens with one attached hydrogen (secondary N) is 1. The Morgan fingerprint density at radius 1 is 1.37 bits per heavy atom. The van der Waals surface area contributed by atoms with Crippen molar-refractivity contribution in [2.75, 3.05) is 20.3 Å². The summed E-state index contributed by atoms with van der Waals surface area (Å²) in [6.07, 6.45) is 0.841. The van der Waals surface area contributed by atoms with Gasteiger partial charge in [0.15, 0.2) is 0 Å². The molecule has 106 valence electrons. The first-order valence-electron chi connectivity index (χ1n) is 6.53. The number of carbonyl (C=O) groups is 1. The fourth-order valence-electron chi connectivity index (χ4n) is 2.01. The highest BCUT2D eigenvalue weighted by Gasteiger charge is 2.13. The predicted octanol–water partition coefficient (Wildman–Crippen LogP) is 1.93. The molecule has 1 atom stereocenters. The highest BCUT2D eigenvalue weighted by Crippen LogP contribution is 2.12. The Bertz CT molecular complexity index is 418. The molecule has 0 spiro atoms. The molecule has 0 amide bonds. The second-order valence-corrected chi connectivity index (χ2v) is 4.86. The minimum atomic E-state index is -0.779. The molecule has 1 aromatic rings. The van der Waals surface area contributed by atoms with Gasteiger partial charge in [0.2, 0.25) is 0 Å². The van der Waals surface area contributed by atoms with Gasteiger partial charge in [0, 0.05) is 19.7 Å². The fourth-order valence-corrected chi connectivity index (χ4v) is 2.01. The highest BCUT2D eigenvalue weighted by molar-refractivity contribution is 5.67. The van der Waals surface area contributed by atoms with Gasteiger partial charge in [-0.3, -0.25) is 4.79 Å². The Kier molecular flexibility index (Phi) is 6.53. The lowest BCUT2D eigenvalue weighted by atomic mass is 9.99. The number of rotatable bonds is 8. The van der Waals surface area contributed by atoms with Crippen molar-refractivity contribution in [2.24, 2.45) is 0 Å². The van der Waals surface area contributed by atoms with E-state index in [1.54, 1.807) is 7.11 Å². The van der Waals surface area contributed by atoms with Crippen molar-refractivity contribution in [1.82, 2.24) is 5.32 Å². The normalized spacial score (nSPS) is 12.4. The molecule has 1 aromatic carbocycles. The van der Waals surface area contributed by atoms with Crippen LogP contribution >= 0.6 is 0 Å². The van der Waals surface area contributed by atoms with Gasteiger partial charge in [0.25, 0.3) is 0 Å². The first kappa shape index (κ1) is 15.7. The van der Waals surface area contributed by atoms with Crippen molar-refractivity contribution in [2.45, 2.75) is 32.7 Å². The molecule has 0 aliphatic rings. The van der Waals surface area contributed by atoms with Crippen molar-refractivity contribution in [3.8, 4) is 0 Å². The number of ether oxygens (including phenoxy) is 1. The Labute approximate surface area is 114 Å². The van der Waals surface area contributed by atoms with Gasteiger partial charge in [-0.05, 0) is 37.0 Å². The minimum absolute atomic E-state index is 0.0604. The van der Waals surface area contributed by atoms with Gasteiger partial charge in [0.1, 0.15) is 0 Å². The van der Waals surface area contributed by atoms with Crippen LogP contribution in [0.2, 0.25) is 0 Å². The standard InChI is InChI=1S/C15H23NO3/c1-11-4-5-13(8-12(11)2)9-14(10-15(17)18)16-6-7-19-3/h4-5,8,14,16H,6-7,9-10H2,1-3H3,(H,17,18). The third-order valence-electron chi connectivity index (χ3n) is 3.21. The topological polar surface area (TPSA) is 58.6 Å². The van der Waals surface area contributed by atoms with E-state index >= 15 is 0 Å². The van der Waals surface area contributed by atoms with E-state index in [0.717, 1.165) is 6.42 Å². The predicted molar refractivity (Wildman–Crippen MR) is 75.5 cm³/mol. The van der Waals surface area contributed by atoms with Crippen LogP contribution in [0.4, 0.5) is 0 Å². The second-order valence-electron chi connectivity index (χ2n) is 4.86. The molecule has 0 saturated heterocycles. The molecule has 1 rings (SSSR count). The number of hydrogen-bond acceptors (Lipinski definition) is 3. The molecule has 0 fully saturated rings. The number of hydrogen-bond donors (Lipinski definition) is 2. The van der Waals surface area contributed by atoms with Crippen molar-refractivity contribution >= 4 is 5.97 Å². The number of aryl methyl sites for hydroxylation is 2. The zero-order valence-electron chi connectivity index (χ0n) is 11.9. The van der Waals surface area contributed by atoms with Crippen LogP contribution in [0, 0.1) is 13.8 Å². The van der Waals surface area contributed by atoms with E-state index in [1.807, 2.05) is 0 Å². The number of carboxylic acid groups (broad SMARTS) is 1. The average molecular weight is 265 g/mol. The average Bonchev–Trinajstić information content (AvgIpc) is 2.33. The Morgan fingerprint density at radius 3 is 2.68 bits per heavy atom. The Hall–Kier alpha value is -1.39. The van der Waals surface area contributed by atoms with Crippen LogP contribution in [0.5, 0.6) is 0 Å². The SMILES string of the molecule is COCCNC(CC(=O)O)Cc1ccc(C)c(C)c1. The van der Waals surface area contributed by atoms with E-state index in [9.17, 15) is 4.79 Å². The molecule has 0 saturated carbocycles. The summed E-state index contributed by atoms with van der Waals surface area (Å²) in [6, 6.07) is 6.21. The summed E-state index contributed by atoms with van der Waals surface area (Å²) in [5, 5.41) is 12.2. The summed E-state index contributed by atoms with van der Waals surface area (Å²) >= 11 is 0. The van der Waals surface area contributed by atoms with Crippen LogP contribution in [0.1, 0.15) is 23.1 Å². The van der Waals surface area contributed by atoms with Gasteiger partial charge in [0.05, 0.1) is 13.0 Å². The van der Waals surface area contributed by atoms with Crippen LogP contribution in [-0.2, 0) is 16.0 Å². The van der Waals surface area contributed by atoms with E-state index in [0.29, 0.717) is 13.2 Å². The molecule has 1 unspecified atom stereocenters. The van der Waals surface area contributed by atoms with Gasteiger partial charge in [-0.15, -0.1) is 0 Å². The number of aliphatic carboxylic acids is 1. The Balaban J connectivity index is 2.63. The molecule has 19 heavy (non-hydrogen) atoms. The first-order chi connectivity index (χ1) is 9.02. The van der Waals surface area contributed by atoms with Crippen molar-refractivity contribution in [3.63, 3.8) is 0 Å². The monoisotopic (exact) mass is 265 g/mol. The smallest absolute Gasteiger partial charge is 0.304 e. The molecule has 0 aliphatic carbocycles. The van der Waals surface area contributed by atoms with E-state index in [1.165, 1.54) is 16.7 Å². The maximum Gasteiger partial charge on any atom is 0.304 e. The van der Waals surface area contributed by atoms with Crippen LogP contribution < -0.4 is 5.32 Å². The molecule has 0 bridgehead atoms. The zero-order chi connectivity index (χ0) is 14.3. The third kappa shape index (κ3) is 5.85. The van der Waals surface area contributed by atoms with Crippen molar-refractivity contribution < 1.29 is 14.6 Å². The summed E-state index contributed by atoms with van der Waals surface area (Å²) < 4.78 is 4.97. The summed E-state index contributed by atoms with van der Waals surface area (Å²) in [7, 11) is 1.64. The van der Waals surface area contributed by atoms with Crippen LogP contribution in [0.3, 0.4) is 0 Å². The van der Waals surface area contributed by atoms with Crippen LogP contribution in [0.15, 0.2) is 18.2 Å². The van der Waals surface area contributed by atoms with E-state index in [4.69, 9.17) is 9.84 Å². The molecule has 4 heteroatoms. The fraction of sp³-hybridized carbons (Fsp3) is 0.533. The largest absolute Gasteiger partial charge is 0.481 e. The van der Waals surface area contributed by atoms with Gasteiger partial charge in [-0.1, -0.05) is 18.2 Å². The van der Waals surface area contributed by atoms with Gasteiger partial charge in [-0.25, -0.2) is 0 Å². The van der Waals surface area contributed by atoms with Crippen LogP contribution in [0.25, 0.3) is 0 Å². The molecule has 4 nitrogen and oxygen atoms in total. The van der Waals surface area contributed by atoms with E-state index in [-0.39, 0.29) is 12.5 Å². The Morgan fingerprint density at radius 2 is 2.11 bits per heavy atom. The zero-order valence-corrected chi connectivity index (χ0v) is 11.9. The van der Waals surface area contributed by atoms with E-state index in [2.05, 4.69) is 37.4 Å². The molecule has 0 radical (unpaired) electrons. The summed E-state index contributed by atoms with van der Waals surface area (Å²) in [6.45, 7) is 5.40. The van der Waals surface area contributed by atoms with E-state index < -0.39 is 5.97 Å². The molecule has 0 aliphatic heterocycles. The first-order valence-corrected chi connectivity index (χ1v) is 6.53. The highest BCUT2D eigenvalue weighted by atomic mass is 16.5. The lowest BCUT2D eigenvalue weighted by Crippen LogP contribution is -2.35. The quantitative estimate of drug-likeness (QED) is 0.705. The summed E-state index contributed by atoms with van der Waals surface area (Å²) in [5.74, 6) is -0.779. The third-order valence-corrected chi connectivity index (χ3v) is 3.21. The number of carboxylic acids is 1. The van der Waals surface area contributed by atoms with Crippen LogP contribution in [-0.4, -0.2) is 37.4 Å². The number of benzene rings is 1. The maximum atomic E-state index is 10.9. The lowest BCUT2D eigenvalue weighted by molar-refractivity contribution is -0.137. The maximum absolute atomic E-state index is 10.9. The van der Waals surface area contributed by atoms with Crippen molar-refractivity contribution in [3.05, 3.63) is 34.9 Å². The summed E-state index contributed by atoms with van der Waals surface area (Å²) in [4.78, 5) is 10.9. The summed E-state index contributed by atoms with van der Waals surface area (Å²) in [5.41, 5.74) is 3.66. The van der Waals surface area contributed by atoms with Gasteiger partial charge < -0.3 is 15.2 Å². The molecule has 2 N–H and O–H groups in total. The van der Waals surface area contributed by atoms with Gasteiger partial charge in [-0.2, -0.15) is 0 Å². The molecular weight excluding hydrogens is 242 g/mol. The van der Waals surface area contributed by atoms with Gasteiger partial charge >= 0.3 is 5.97 Å². The van der Waals surface area contributed by atoms with Crippen molar-refractivity contribution in [1.29, 1.82) is 0 Å². The number of methoxy groups -OCH3 is 1.